The number of nitrogens with zero attached hydrogens (tertiary/aromatic N) is 2. The van der Waals surface area contributed by atoms with Gasteiger partial charge in [0.1, 0.15) is 0 Å². The van der Waals surface area contributed by atoms with Gasteiger partial charge in [0.2, 0.25) is 0 Å². The Bertz CT molecular complexity index is 1090. The molecular weight excluding hydrogens is 394 g/mol. The Labute approximate surface area is 171 Å². The molecule has 0 saturated heterocycles. The Morgan fingerprint density at radius 2 is 2.07 bits per heavy atom. The highest BCUT2D eigenvalue weighted by molar-refractivity contribution is 7.99. The second-order valence-corrected chi connectivity index (χ2v) is 8.75. The smallest absolute Gasteiger partial charge is 0.340 e. The van der Waals surface area contributed by atoms with Gasteiger partial charge in [-0.15, -0.1) is 11.3 Å². The van der Waals surface area contributed by atoms with Crippen LogP contribution in [0.15, 0.2) is 21.4 Å². The Kier molecular flexibility index (Phi) is 6.20. The molecule has 0 radical (unpaired) electrons. The van der Waals surface area contributed by atoms with Gasteiger partial charge >= 0.3 is 5.97 Å². The number of ether oxygens (including phenoxy) is 1. The van der Waals surface area contributed by atoms with E-state index >= 15 is 0 Å². The van der Waals surface area contributed by atoms with Gasteiger partial charge < -0.3 is 9.72 Å². The van der Waals surface area contributed by atoms with Crippen LogP contribution in [-0.2, 0) is 4.74 Å². The summed E-state index contributed by atoms with van der Waals surface area (Å²) in [6.45, 7) is 9.37. The number of rotatable bonds is 6. The molecule has 3 aromatic heterocycles. The molecule has 0 spiro atoms. The molecule has 0 aliphatic carbocycles. The second kappa shape index (κ2) is 8.45. The van der Waals surface area contributed by atoms with Crippen LogP contribution in [0.1, 0.15) is 48.8 Å². The fourth-order valence-electron chi connectivity index (χ4n) is 2.91. The molecule has 0 atom stereocenters. The van der Waals surface area contributed by atoms with Crippen molar-refractivity contribution in [1.82, 2.24) is 15.0 Å². The van der Waals surface area contributed by atoms with Gasteiger partial charge in [0.25, 0.3) is 5.56 Å². The molecule has 8 heteroatoms. The molecule has 0 amide bonds. The summed E-state index contributed by atoms with van der Waals surface area (Å²) in [6.07, 6.45) is 0.697. The third kappa shape index (κ3) is 3.98. The van der Waals surface area contributed by atoms with Crippen molar-refractivity contribution in [3.8, 4) is 10.4 Å². The summed E-state index contributed by atoms with van der Waals surface area (Å²) in [4.78, 5) is 38.6. The normalized spacial score (nSPS) is 11.4. The van der Waals surface area contributed by atoms with Crippen molar-refractivity contribution in [2.24, 2.45) is 0 Å². The van der Waals surface area contributed by atoms with Crippen molar-refractivity contribution in [3.05, 3.63) is 38.6 Å². The van der Waals surface area contributed by atoms with Crippen LogP contribution in [-0.4, -0.2) is 32.8 Å². The van der Waals surface area contributed by atoms with Gasteiger partial charge in [0.15, 0.2) is 10.8 Å². The number of esters is 1. The van der Waals surface area contributed by atoms with E-state index in [0.29, 0.717) is 33.0 Å². The van der Waals surface area contributed by atoms with Crippen LogP contribution in [0, 0.1) is 13.8 Å². The van der Waals surface area contributed by atoms with E-state index in [4.69, 9.17) is 4.74 Å². The first-order chi connectivity index (χ1) is 13.3. The minimum Gasteiger partial charge on any atom is -0.459 e. The Hall–Kier alpha value is -2.19. The van der Waals surface area contributed by atoms with Crippen LogP contribution >= 0.6 is 23.1 Å². The number of hydrogen-bond donors (Lipinski definition) is 1. The number of thiophene rings is 1. The number of hydrogen-bond acceptors (Lipinski definition) is 7. The van der Waals surface area contributed by atoms with Gasteiger partial charge in [-0.3, -0.25) is 4.79 Å². The quantitative estimate of drug-likeness (QED) is 0.354. The lowest BCUT2D eigenvalue weighted by molar-refractivity contribution is 0.0377. The summed E-state index contributed by atoms with van der Waals surface area (Å²) in [5.41, 5.74) is 2.43. The minimum atomic E-state index is -0.478. The lowest BCUT2D eigenvalue weighted by Gasteiger charge is -2.15. The van der Waals surface area contributed by atoms with E-state index in [1.54, 1.807) is 20.8 Å². The first-order valence-electron chi connectivity index (χ1n) is 9.16. The highest BCUT2D eigenvalue weighted by atomic mass is 32.2. The number of aromatic nitrogens is 3. The molecule has 0 aliphatic heterocycles. The maximum atomic E-state index is 13.0. The lowest BCUT2D eigenvalue weighted by atomic mass is 9.99. The van der Waals surface area contributed by atoms with Crippen LogP contribution in [0.25, 0.3) is 21.5 Å². The minimum absolute atomic E-state index is 0.274. The summed E-state index contributed by atoms with van der Waals surface area (Å²) in [6, 6.07) is 1.96. The van der Waals surface area contributed by atoms with Crippen LogP contribution < -0.4 is 5.56 Å². The number of fused-ring (bicyclic) bond motifs is 1. The SMILES string of the molecule is CCCSc1nc2nc(C)c(C(=O)OC(C)C)c(-c3sccc3C)c2c(=O)[nH]1. The highest BCUT2D eigenvalue weighted by Gasteiger charge is 2.26. The van der Waals surface area contributed by atoms with E-state index in [-0.39, 0.29) is 11.7 Å². The summed E-state index contributed by atoms with van der Waals surface area (Å²) in [5.74, 6) is 0.372. The van der Waals surface area contributed by atoms with Gasteiger partial charge in [-0.05, 0) is 51.1 Å². The molecule has 0 aromatic carbocycles. The molecule has 0 bridgehead atoms. The lowest BCUT2D eigenvalue weighted by Crippen LogP contribution is -2.18. The molecule has 6 nitrogen and oxygen atoms in total. The standard InChI is InChI=1S/C20H23N3O3S2/c1-6-8-28-20-22-17-15(18(24)23-20)14(16-11(4)7-9-27-16)13(12(5)21-17)19(25)26-10(2)3/h7,9-10H,6,8H2,1-5H3,(H,21,22,23,24). The van der Waals surface area contributed by atoms with Crippen molar-refractivity contribution in [1.29, 1.82) is 0 Å². The molecule has 1 N–H and O–H groups in total. The molecule has 148 valence electrons. The first kappa shape index (κ1) is 20.5. The van der Waals surface area contributed by atoms with Crippen LogP contribution in [0.2, 0.25) is 0 Å². The zero-order valence-corrected chi connectivity index (χ0v) is 18.2. The topological polar surface area (TPSA) is 84.9 Å². The molecule has 0 unspecified atom stereocenters. The fraction of sp³-hybridized carbons (Fsp3) is 0.400. The summed E-state index contributed by atoms with van der Waals surface area (Å²) in [7, 11) is 0. The van der Waals surface area contributed by atoms with Crippen LogP contribution in [0.3, 0.4) is 0 Å². The fourth-order valence-corrected chi connectivity index (χ4v) is 4.61. The predicted molar refractivity (Wildman–Crippen MR) is 115 cm³/mol. The van der Waals surface area contributed by atoms with Gasteiger partial charge in [0.05, 0.1) is 22.7 Å². The largest absolute Gasteiger partial charge is 0.459 e. The number of carbonyl (C=O) groups excluding carboxylic acids is 1. The van der Waals surface area contributed by atoms with Gasteiger partial charge in [-0.25, -0.2) is 14.8 Å². The van der Waals surface area contributed by atoms with Crippen molar-refractivity contribution in [2.75, 3.05) is 5.75 Å². The Balaban J connectivity index is 2.36. The van der Waals surface area contributed by atoms with Gasteiger partial charge in [-0.2, -0.15) is 0 Å². The molecular formula is C20H23N3O3S2. The van der Waals surface area contributed by atoms with Crippen molar-refractivity contribution < 1.29 is 9.53 Å². The van der Waals surface area contributed by atoms with E-state index in [1.165, 1.54) is 23.1 Å². The first-order valence-corrected chi connectivity index (χ1v) is 11.0. The van der Waals surface area contributed by atoms with E-state index < -0.39 is 5.97 Å². The van der Waals surface area contributed by atoms with Crippen LogP contribution in [0.5, 0.6) is 0 Å². The third-order valence-electron chi connectivity index (χ3n) is 4.09. The maximum absolute atomic E-state index is 13.0. The summed E-state index contributed by atoms with van der Waals surface area (Å²) in [5, 5.41) is 2.81. The summed E-state index contributed by atoms with van der Waals surface area (Å²) >= 11 is 2.97. The second-order valence-electron chi connectivity index (χ2n) is 6.75. The van der Waals surface area contributed by atoms with E-state index in [1.807, 2.05) is 18.4 Å². The van der Waals surface area contributed by atoms with Crippen molar-refractivity contribution >= 4 is 40.1 Å². The monoisotopic (exact) mass is 417 g/mol. The molecule has 3 aromatic rings. The summed E-state index contributed by atoms with van der Waals surface area (Å²) < 4.78 is 5.45. The van der Waals surface area contributed by atoms with Crippen molar-refractivity contribution in [3.63, 3.8) is 0 Å². The van der Waals surface area contributed by atoms with E-state index in [2.05, 4.69) is 21.9 Å². The number of carbonyl (C=O) groups is 1. The molecule has 28 heavy (non-hydrogen) atoms. The number of H-pyrrole nitrogens is 1. The third-order valence-corrected chi connectivity index (χ3v) is 6.21. The molecule has 0 saturated carbocycles. The Morgan fingerprint density at radius 3 is 2.68 bits per heavy atom. The van der Waals surface area contributed by atoms with E-state index in [9.17, 15) is 9.59 Å². The number of nitrogens with one attached hydrogen (secondary N) is 1. The van der Waals surface area contributed by atoms with Crippen LogP contribution in [0.4, 0.5) is 0 Å². The Morgan fingerprint density at radius 1 is 1.32 bits per heavy atom. The number of aromatic amines is 1. The molecule has 3 rings (SSSR count). The predicted octanol–water partition coefficient (Wildman–Crippen LogP) is 4.73. The van der Waals surface area contributed by atoms with E-state index in [0.717, 1.165) is 22.6 Å². The van der Waals surface area contributed by atoms with Gasteiger partial charge in [-0.1, -0.05) is 18.7 Å². The number of pyridine rings is 1. The average molecular weight is 418 g/mol. The van der Waals surface area contributed by atoms with Gasteiger partial charge in [0, 0.05) is 16.2 Å². The molecule has 3 heterocycles. The zero-order chi connectivity index (χ0) is 20.4. The maximum Gasteiger partial charge on any atom is 0.340 e. The zero-order valence-electron chi connectivity index (χ0n) is 16.6. The molecule has 0 aliphatic rings. The molecule has 0 fully saturated rings. The average Bonchev–Trinajstić information content (AvgIpc) is 3.03. The highest BCUT2D eigenvalue weighted by Crippen LogP contribution is 2.37. The number of aryl methyl sites for hydroxylation is 2. The van der Waals surface area contributed by atoms with Crippen molar-refractivity contribution in [2.45, 2.75) is 52.3 Å². The number of thioether (sulfide) groups is 1.